The lowest BCUT2D eigenvalue weighted by molar-refractivity contribution is -0.883. The van der Waals surface area contributed by atoms with Crippen molar-refractivity contribution in [3.05, 3.63) is 12.7 Å². The van der Waals surface area contributed by atoms with E-state index >= 15 is 0 Å². The fraction of sp³-hybridized carbons (Fsp3) is 0.667. The summed E-state index contributed by atoms with van der Waals surface area (Å²) in [5.41, 5.74) is -0.771. The summed E-state index contributed by atoms with van der Waals surface area (Å²) >= 11 is 0. The van der Waals surface area contributed by atoms with E-state index in [1.807, 2.05) is 20.2 Å². The van der Waals surface area contributed by atoms with E-state index in [-0.39, 0.29) is 24.3 Å². The van der Waals surface area contributed by atoms with Gasteiger partial charge in [0.15, 0.2) is 0 Å². The van der Waals surface area contributed by atoms with Gasteiger partial charge in [0.2, 0.25) is 0 Å². The SMILES string of the molecule is C=CC[N+](C)(C)CCN1C(=O)NC(C)(C)C1=O.[Cl-]. The van der Waals surface area contributed by atoms with Crippen LogP contribution in [0.5, 0.6) is 0 Å². The third-order valence-electron chi connectivity index (χ3n) is 3.00. The lowest BCUT2D eigenvalue weighted by atomic mass is 10.1. The molecule has 5 nitrogen and oxygen atoms in total. The van der Waals surface area contributed by atoms with Crippen molar-refractivity contribution in [2.75, 3.05) is 33.7 Å². The van der Waals surface area contributed by atoms with E-state index in [1.54, 1.807) is 13.8 Å². The van der Waals surface area contributed by atoms with Crippen LogP contribution < -0.4 is 17.7 Å². The molecule has 0 atom stereocenters. The molecule has 1 rings (SSSR count). The first-order valence-electron chi connectivity index (χ1n) is 5.77. The largest absolute Gasteiger partial charge is 1.00 e. The Morgan fingerprint density at radius 1 is 1.39 bits per heavy atom. The Labute approximate surface area is 115 Å². The molecule has 0 unspecified atom stereocenters. The van der Waals surface area contributed by atoms with E-state index in [4.69, 9.17) is 0 Å². The Bertz CT molecular complexity index is 353. The molecule has 104 valence electrons. The van der Waals surface area contributed by atoms with E-state index in [0.29, 0.717) is 11.0 Å². The third kappa shape index (κ3) is 3.71. The topological polar surface area (TPSA) is 49.4 Å². The Kier molecular flexibility index (Phi) is 5.37. The third-order valence-corrected chi connectivity index (χ3v) is 3.00. The molecule has 1 heterocycles. The fourth-order valence-electron chi connectivity index (χ4n) is 1.83. The zero-order valence-electron chi connectivity index (χ0n) is 11.5. The van der Waals surface area contributed by atoms with Gasteiger partial charge in [-0.05, 0) is 19.9 Å². The number of likely N-dealkylation sites (N-methyl/N-ethyl adjacent to an activating group) is 1. The first-order valence-corrected chi connectivity index (χ1v) is 5.77. The first-order chi connectivity index (χ1) is 7.69. The molecule has 1 fully saturated rings. The molecule has 1 aliphatic rings. The monoisotopic (exact) mass is 275 g/mol. The van der Waals surface area contributed by atoms with Crippen LogP contribution in [0.1, 0.15) is 13.8 Å². The van der Waals surface area contributed by atoms with Gasteiger partial charge in [-0.15, -0.1) is 0 Å². The highest BCUT2D eigenvalue weighted by Gasteiger charge is 2.44. The molecule has 1 saturated heterocycles. The van der Waals surface area contributed by atoms with Gasteiger partial charge >= 0.3 is 6.03 Å². The number of carbonyl (C=O) groups is 2. The van der Waals surface area contributed by atoms with Crippen molar-refractivity contribution in [2.24, 2.45) is 0 Å². The van der Waals surface area contributed by atoms with Gasteiger partial charge in [0.1, 0.15) is 5.54 Å². The lowest BCUT2D eigenvalue weighted by Crippen LogP contribution is -3.00. The van der Waals surface area contributed by atoms with Crippen molar-refractivity contribution < 1.29 is 26.5 Å². The number of halogens is 1. The van der Waals surface area contributed by atoms with Crippen molar-refractivity contribution in [1.29, 1.82) is 0 Å². The maximum absolute atomic E-state index is 11.9. The van der Waals surface area contributed by atoms with Crippen molar-refractivity contribution in [3.8, 4) is 0 Å². The van der Waals surface area contributed by atoms with E-state index in [9.17, 15) is 9.59 Å². The number of rotatable bonds is 5. The van der Waals surface area contributed by atoms with Gasteiger partial charge in [0, 0.05) is 0 Å². The standard InChI is InChI=1S/C12H21N3O2.ClH/c1-6-8-15(4,5)9-7-14-10(16)12(2,3)13-11(14)17;/h6H,1,7-9H2,2-5H3;1H. The average Bonchev–Trinajstić information content (AvgIpc) is 2.34. The van der Waals surface area contributed by atoms with Crippen LogP contribution >= 0.6 is 0 Å². The smallest absolute Gasteiger partial charge is 0.325 e. The average molecular weight is 276 g/mol. The number of hydrogen-bond acceptors (Lipinski definition) is 2. The maximum atomic E-state index is 11.9. The highest BCUT2D eigenvalue weighted by Crippen LogP contribution is 2.16. The van der Waals surface area contributed by atoms with Crippen LogP contribution in [0.25, 0.3) is 0 Å². The number of imide groups is 1. The highest BCUT2D eigenvalue weighted by atomic mass is 35.5. The molecule has 18 heavy (non-hydrogen) atoms. The second-order valence-electron chi connectivity index (χ2n) is 5.64. The van der Waals surface area contributed by atoms with Crippen molar-refractivity contribution >= 4 is 11.9 Å². The van der Waals surface area contributed by atoms with Gasteiger partial charge < -0.3 is 22.2 Å². The highest BCUT2D eigenvalue weighted by molar-refractivity contribution is 6.06. The van der Waals surface area contributed by atoms with Gasteiger partial charge in [-0.25, -0.2) is 4.79 Å². The first kappa shape index (κ1) is 16.9. The second kappa shape index (κ2) is 5.71. The lowest BCUT2D eigenvalue weighted by Gasteiger charge is -2.29. The molecule has 0 spiro atoms. The van der Waals surface area contributed by atoms with E-state index < -0.39 is 5.54 Å². The molecule has 6 heteroatoms. The molecule has 0 aromatic carbocycles. The number of urea groups is 1. The van der Waals surface area contributed by atoms with Crippen LogP contribution in [0, 0.1) is 0 Å². The Morgan fingerprint density at radius 3 is 2.33 bits per heavy atom. The summed E-state index contributed by atoms with van der Waals surface area (Å²) in [4.78, 5) is 24.9. The number of carbonyl (C=O) groups excluding carboxylic acids is 2. The Hall–Kier alpha value is -1.07. The van der Waals surface area contributed by atoms with Gasteiger partial charge in [0.05, 0.1) is 33.7 Å². The number of nitrogens with one attached hydrogen (secondary N) is 1. The van der Waals surface area contributed by atoms with Crippen LogP contribution in [-0.2, 0) is 4.79 Å². The van der Waals surface area contributed by atoms with E-state index in [2.05, 4.69) is 11.9 Å². The molecule has 1 aliphatic heterocycles. The minimum absolute atomic E-state index is 0. The minimum Gasteiger partial charge on any atom is -1.00 e. The molecular weight excluding hydrogens is 254 g/mol. The van der Waals surface area contributed by atoms with Crippen LogP contribution in [0.3, 0.4) is 0 Å². The van der Waals surface area contributed by atoms with Crippen LogP contribution in [0.2, 0.25) is 0 Å². The summed E-state index contributed by atoms with van der Waals surface area (Å²) in [6.07, 6.45) is 1.84. The number of amides is 3. The van der Waals surface area contributed by atoms with Crippen LogP contribution in [0.4, 0.5) is 4.79 Å². The number of nitrogens with zero attached hydrogens (tertiary/aromatic N) is 2. The van der Waals surface area contributed by atoms with Gasteiger partial charge in [-0.2, -0.15) is 0 Å². The van der Waals surface area contributed by atoms with Crippen molar-refractivity contribution in [3.63, 3.8) is 0 Å². The van der Waals surface area contributed by atoms with Crippen LogP contribution in [-0.4, -0.2) is 60.6 Å². The van der Waals surface area contributed by atoms with E-state index in [1.165, 1.54) is 4.90 Å². The predicted octanol–water partition coefficient (Wildman–Crippen LogP) is -2.42. The quantitative estimate of drug-likeness (QED) is 0.345. The summed E-state index contributed by atoms with van der Waals surface area (Å²) in [6.45, 7) is 9.12. The van der Waals surface area contributed by atoms with Crippen molar-refractivity contribution in [1.82, 2.24) is 10.2 Å². The van der Waals surface area contributed by atoms with E-state index in [0.717, 1.165) is 13.1 Å². The maximum Gasteiger partial charge on any atom is 0.325 e. The zero-order chi connectivity index (χ0) is 13.3. The van der Waals surface area contributed by atoms with Crippen LogP contribution in [0.15, 0.2) is 12.7 Å². The summed E-state index contributed by atoms with van der Waals surface area (Å²) in [5, 5.41) is 2.67. The molecule has 0 bridgehead atoms. The predicted molar refractivity (Wildman–Crippen MR) is 66.4 cm³/mol. The zero-order valence-corrected chi connectivity index (χ0v) is 12.3. The number of quaternary nitrogens is 1. The Morgan fingerprint density at radius 2 is 1.94 bits per heavy atom. The molecule has 1 N–H and O–H groups in total. The molecule has 3 amide bonds. The molecule has 0 aliphatic carbocycles. The van der Waals surface area contributed by atoms with Crippen molar-refractivity contribution in [2.45, 2.75) is 19.4 Å². The second-order valence-corrected chi connectivity index (χ2v) is 5.64. The summed E-state index contributed by atoms with van der Waals surface area (Å²) in [5.74, 6) is -0.152. The van der Waals surface area contributed by atoms with Gasteiger partial charge in [-0.3, -0.25) is 9.69 Å². The summed E-state index contributed by atoms with van der Waals surface area (Å²) in [7, 11) is 4.09. The Balaban J connectivity index is 0.00000289. The van der Waals surface area contributed by atoms with Gasteiger partial charge in [-0.1, -0.05) is 6.58 Å². The molecule has 0 aromatic rings. The number of hydrogen-bond donors (Lipinski definition) is 1. The normalized spacial score (nSPS) is 18.3. The minimum atomic E-state index is -0.771. The summed E-state index contributed by atoms with van der Waals surface area (Å²) in [6, 6.07) is -0.293. The molecule has 0 aromatic heterocycles. The molecule has 0 saturated carbocycles. The molecular formula is C12H22ClN3O2. The fourth-order valence-corrected chi connectivity index (χ4v) is 1.83. The van der Waals surface area contributed by atoms with Gasteiger partial charge in [0.25, 0.3) is 5.91 Å². The molecule has 0 radical (unpaired) electrons. The summed E-state index contributed by atoms with van der Waals surface area (Å²) < 4.78 is 0.709.